The highest BCUT2D eigenvalue weighted by Gasteiger charge is 2.31. The van der Waals surface area contributed by atoms with Crippen LogP contribution in [0.4, 0.5) is 0 Å². The zero-order chi connectivity index (χ0) is 15.3. The first-order valence-electron chi connectivity index (χ1n) is 6.71. The van der Waals surface area contributed by atoms with Gasteiger partial charge in [-0.2, -0.15) is 0 Å². The Morgan fingerprint density at radius 1 is 1.38 bits per heavy atom. The molecule has 1 unspecified atom stereocenters. The predicted molar refractivity (Wildman–Crippen MR) is 92.4 cm³/mol. The molecule has 0 aromatic carbocycles. The first-order chi connectivity index (χ1) is 10.1. The molecule has 0 aliphatic carbocycles. The molecule has 0 radical (unpaired) electrons. The average Bonchev–Trinajstić information content (AvgIpc) is 3.16. The van der Waals surface area contributed by atoms with E-state index in [1.165, 1.54) is 26.4 Å². The van der Waals surface area contributed by atoms with E-state index in [1.54, 1.807) is 16.8 Å². The highest BCUT2D eigenvalue weighted by molar-refractivity contribution is 8.00. The number of nitrogens with one attached hydrogen (secondary N) is 1. The van der Waals surface area contributed by atoms with Gasteiger partial charge in [-0.15, -0.1) is 34.4 Å². The highest BCUT2D eigenvalue weighted by atomic mass is 32.2. The molecule has 0 fully saturated rings. The number of hydroxylamine groups is 1. The number of aryl methyl sites for hydroxylation is 1. The number of thiophene rings is 2. The van der Waals surface area contributed by atoms with Crippen LogP contribution in [0.5, 0.6) is 0 Å². The van der Waals surface area contributed by atoms with Crippen molar-refractivity contribution < 1.29 is 10.0 Å². The number of carbonyl (C=O) groups is 1. The van der Waals surface area contributed by atoms with Gasteiger partial charge < -0.3 is 0 Å². The summed E-state index contributed by atoms with van der Waals surface area (Å²) in [5, 5.41) is 10.9. The van der Waals surface area contributed by atoms with Crippen LogP contribution in [0.1, 0.15) is 24.6 Å². The summed E-state index contributed by atoms with van der Waals surface area (Å²) in [6.07, 6.45) is 4.53. The Hall–Kier alpha value is -0.820. The second-order valence-electron chi connectivity index (χ2n) is 4.97. The van der Waals surface area contributed by atoms with Gasteiger partial charge in [0, 0.05) is 14.6 Å². The molecular formula is C15H19NO2S3. The SMILES string of the molecule is CSC(C)(CCCc1ccc(-c2cccs2)s1)C(=O)NO. The fourth-order valence-electron chi connectivity index (χ4n) is 2.09. The van der Waals surface area contributed by atoms with E-state index in [2.05, 4.69) is 29.6 Å². The fourth-order valence-corrected chi connectivity index (χ4v) is 4.55. The molecule has 0 saturated carbocycles. The number of amides is 1. The van der Waals surface area contributed by atoms with E-state index < -0.39 is 4.75 Å². The van der Waals surface area contributed by atoms with Crippen molar-refractivity contribution in [1.29, 1.82) is 0 Å². The maximum absolute atomic E-state index is 11.7. The molecule has 1 atom stereocenters. The van der Waals surface area contributed by atoms with E-state index in [9.17, 15) is 4.79 Å². The van der Waals surface area contributed by atoms with E-state index in [4.69, 9.17) is 5.21 Å². The van der Waals surface area contributed by atoms with Gasteiger partial charge in [0.1, 0.15) is 0 Å². The molecule has 21 heavy (non-hydrogen) atoms. The van der Waals surface area contributed by atoms with Gasteiger partial charge in [0.2, 0.25) is 0 Å². The quantitative estimate of drug-likeness (QED) is 0.579. The summed E-state index contributed by atoms with van der Waals surface area (Å²) in [5.41, 5.74) is 1.77. The minimum Gasteiger partial charge on any atom is -0.289 e. The van der Waals surface area contributed by atoms with Crippen LogP contribution in [-0.2, 0) is 11.2 Å². The first kappa shape index (κ1) is 16.5. The second kappa shape index (κ2) is 7.45. The molecule has 3 nitrogen and oxygen atoms in total. The Bertz CT molecular complexity index is 580. The van der Waals surface area contributed by atoms with Gasteiger partial charge in [-0.3, -0.25) is 10.0 Å². The molecule has 2 aromatic heterocycles. The van der Waals surface area contributed by atoms with Crippen molar-refractivity contribution in [2.24, 2.45) is 0 Å². The van der Waals surface area contributed by atoms with Gasteiger partial charge in [0.15, 0.2) is 0 Å². The van der Waals surface area contributed by atoms with Crippen molar-refractivity contribution in [1.82, 2.24) is 5.48 Å². The minimum atomic E-state index is -0.567. The molecule has 6 heteroatoms. The van der Waals surface area contributed by atoms with E-state index >= 15 is 0 Å². The van der Waals surface area contributed by atoms with Crippen molar-refractivity contribution in [3.05, 3.63) is 34.5 Å². The Morgan fingerprint density at radius 2 is 2.19 bits per heavy atom. The average molecular weight is 342 g/mol. The Labute approximate surface area is 137 Å². The molecule has 0 spiro atoms. The number of thioether (sulfide) groups is 1. The van der Waals surface area contributed by atoms with E-state index in [0.717, 1.165) is 19.3 Å². The van der Waals surface area contributed by atoms with Crippen LogP contribution < -0.4 is 5.48 Å². The molecule has 0 saturated heterocycles. The van der Waals surface area contributed by atoms with E-state index in [-0.39, 0.29) is 5.91 Å². The van der Waals surface area contributed by atoms with Crippen LogP contribution in [0.3, 0.4) is 0 Å². The van der Waals surface area contributed by atoms with Crippen molar-refractivity contribution in [2.75, 3.05) is 6.26 Å². The van der Waals surface area contributed by atoms with Crippen LogP contribution in [-0.4, -0.2) is 22.1 Å². The zero-order valence-corrected chi connectivity index (χ0v) is 14.5. The molecule has 2 rings (SSSR count). The van der Waals surface area contributed by atoms with Crippen LogP contribution in [0.25, 0.3) is 9.75 Å². The van der Waals surface area contributed by atoms with Gasteiger partial charge in [0.05, 0.1) is 4.75 Å². The summed E-state index contributed by atoms with van der Waals surface area (Å²) in [6, 6.07) is 8.54. The van der Waals surface area contributed by atoms with Crippen molar-refractivity contribution in [3.8, 4) is 9.75 Å². The van der Waals surface area contributed by atoms with Gasteiger partial charge in [0.25, 0.3) is 5.91 Å². The number of hydrogen-bond acceptors (Lipinski definition) is 5. The minimum absolute atomic E-state index is 0.319. The van der Waals surface area contributed by atoms with Gasteiger partial charge >= 0.3 is 0 Å². The molecule has 1 amide bonds. The zero-order valence-electron chi connectivity index (χ0n) is 12.1. The lowest BCUT2D eigenvalue weighted by Gasteiger charge is -2.24. The molecule has 0 bridgehead atoms. The summed E-state index contributed by atoms with van der Waals surface area (Å²) in [4.78, 5) is 15.6. The summed E-state index contributed by atoms with van der Waals surface area (Å²) in [6.45, 7) is 1.87. The third-order valence-electron chi connectivity index (χ3n) is 3.54. The fraction of sp³-hybridized carbons (Fsp3) is 0.400. The second-order valence-corrected chi connectivity index (χ2v) is 8.40. The Balaban J connectivity index is 1.90. The monoisotopic (exact) mass is 341 g/mol. The molecule has 2 aromatic rings. The summed E-state index contributed by atoms with van der Waals surface area (Å²) < 4.78 is -0.567. The Morgan fingerprint density at radius 3 is 2.81 bits per heavy atom. The first-order valence-corrected chi connectivity index (χ1v) is 9.63. The third-order valence-corrected chi connectivity index (χ3v) is 7.04. The van der Waals surface area contributed by atoms with Gasteiger partial charge in [-0.25, -0.2) is 5.48 Å². The maximum Gasteiger partial charge on any atom is 0.259 e. The van der Waals surface area contributed by atoms with Crippen molar-refractivity contribution in [2.45, 2.75) is 30.9 Å². The maximum atomic E-state index is 11.7. The summed E-state index contributed by atoms with van der Waals surface area (Å²) in [7, 11) is 0. The summed E-state index contributed by atoms with van der Waals surface area (Å²) >= 11 is 5.05. The largest absolute Gasteiger partial charge is 0.289 e. The van der Waals surface area contributed by atoms with Crippen LogP contribution in [0, 0.1) is 0 Å². The van der Waals surface area contributed by atoms with E-state index in [1.807, 2.05) is 24.5 Å². The van der Waals surface area contributed by atoms with Crippen LogP contribution >= 0.6 is 34.4 Å². The molecule has 0 aliphatic rings. The van der Waals surface area contributed by atoms with Crippen LogP contribution in [0.2, 0.25) is 0 Å². The highest BCUT2D eigenvalue weighted by Crippen LogP contribution is 2.33. The van der Waals surface area contributed by atoms with Crippen molar-refractivity contribution >= 4 is 40.3 Å². The molecular weight excluding hydrogens is 322 g/mol. The third kappa shape index (κ3) is 4.10. The molecule has 114 valence electrons. The lowest BCUT2D eigenvalue weighted by Crippen LogP contribution is -2.40. The standard InChI is InChI=1S/C15H19NO2S3/c1-15(19-2,14(17)16-18)9-3-5-11-7-8-13(21-11)12-6-4-10-20-12/h4,6-8,10,18H,3,5,9H2,1-2H3,(H,16,17). The molecule has 2 N–H and O–H groups in total. The van der Waals surface area contributed by atoms with Crippen molar-refractivity contribution in [3.63, 3.8) is 0 Å². The number of hydrogen-bond donors (Lipinski definition) is 2. The number of rotatable bonds is 7. The Kier molecular flexibility index (Phi) is 5.87. The lowest BCUT2D eigenvalue weighted by molar-refractivity contribution is -0.131. The molecule has 2 heterocycles. The number of carbonyl (C=O) groups excluding carboxylic acids is 1. The predicted octanol–water partition coefficient (Wildman–Crippen LogP) is 4.43. The smallest absolute Gasteiger partial charge is 0.259 e. The summed E-state index contributed by atoms with van der Waals surface area (Å²) in [5.74, 6) is -0.319. The topological polar surface area (TPSA) is 49.3 Å². The normalized spacial score (nSPS) is 13.9. The van der Waals surface area contributed by atoms with Crippen LogP contribution in [0.15, 0.2) is 29.6 Å². The van der Waals surface area contributed by atoms with Gasteiger partial charge in [-0.1, -0.05) is 6.07 Å². The van der Waals surface area contributed by atoms with E-state index in [0.29, 0.717) is 0 Å². The molecule has 0 aliphatic heterocycles. The lowest BCUT2D eigenvalue weighted by atomic mass is 10.0. The van der Waals surface area contributed by atoms with Gasteiger partial charge in [-0.05, 0) is 56.0 Å².